The van der Waals surface area contributed by atoms with Crippen LogP contribution >= 0.6 is 27.5 Å². The highest BCUT2D eigenvalue weighted by atomic mass is 79.9. The molecule has 0 spiro atoms. The number of carbonyl (C=O) groups excluding carboxylic acids is 2. The molecule has 2 aromatic carbocycles. The van der Waals surface area contributed by atoms with Crippen molar-refractivity contribution >= 4 is 39.3 Å². The molecule has 0 aliphatic heterocycles. The number of Topliss-reactive ketones (excluding diaryl/α,β-unsaturated/α-hetero) is 1. The van der Waals surface area contributed by atoms with Gasteiger partial charge in [0, 0.05) is 10.6 Å². The molecule has 0 saturated heterocycles. The zero-order chi connectivity index (χ0) is 16.8. The lowest BCUT2D eigenvalue weighted by Gasteiger charge is -2.12. The van der Waals surface area contributed by atoms with Gasteiger partial charge in [-0.15, -0.1) is 0 Å². The summed E-state index contributed by atoms with van der Waals surface area (Å²) < 4.78 is 10.4. The third-order valence-corrected chi connectivity index (χ3v) is 3.86. The van der Waals surface area contributed by atoms with Gasteiger partial charge in [0.1, 0.15) is 17.9 Å². The lowest BCUT2D eigenvalue weighted by atomic mass is 10.1. The molecular weight excluding hydrogens is 384 g/mol. The number of ketones is 1. The highest BCUT2D eigenvalue weighted by Gasteiger charge is 2.16. The molecular formula is C17H14BrClO4. The summed E-state index contributed by atoms with van der Waals surface area (Å²) in [6, 6.07) is 11.9. The SMILES string of the molecule is COC(=O)c1cc(C(=O)CBr)ccc1OCc1cccc(Cl)c1. The normalized spacial score (nSPS) is 10.2. The van der Waals surface area contributed by atoms with Crippen molar-refractivity contribution < 1.29 is 19.1 Å². The topological polar surface area (TPSA) is 52.6 Å². The number of methoxy groups -OCH3 is 1. The van der Waals surface area contributed by atoms with E-state index in [0.717, 1.165) is 5.56 Å². The minimum absolute atomic E-state index is 0.128. The van der Waals surface area contributed by atoms with Crippen molar-refractivity contribution in [2.75, 3.05) is 12.4 Å². The summed E-state index contributed by atoms with van der Waals surface area (Å²) in [7, 11) is 1.28. The summed E-state index contributed by atoms with van der Waals surface area (Å²) in [5.41, 5.74) is 1.49. The van der Waals surface area contributed by atoms with E-state index in [-0.39, 0.29) is 23.3 Å². The number of esters is 1. The Kier molecular flexibility index (Phi) is 6.19. The maximum atomic E-state index is 11.9. The second-order valence-corrected chi connectivity index (χ2v) is 5.68. The predicted molar refractivity (Wildman–Crippen MR) is 91.7 cm³/mol. The molecule has 0 unspecified atom stereocenters. The number of ether oxygens (including phenoxy) is 2. The highest BCUT2D eigenvalue weighted by molar-refractivity contribution is 9.09. The fourth-order valence-electron chi connectivity index (χ4n) is 1.96. The van der Waals surface area contributed by atoms with Crippen LogP contribution in [0.15, 0.2) is 42.5 Å². The van der Waals surface area contributed by atoms with E-state index in [1.54, 1.807) is 24.3 Å². The van der Waals surface area contributed by atoms with Crippen molar-refractivity contribution in [1.29, 1.82) is 0 Å². The fourth-order valence-corrected chi connectivity index (χ4v) is 2.50. The van der Waals surface area contributed by atoms with Crippen LogP contribution in [0.2, 0.25) is 5.02 Å². The van der Waals surface area contributed by atoms with Crippen molar-refractivity contribution in [3.63, 3.8) is 0 Å². The van der Waals surface area contributed by atoms with E-state index in [9.17, 15) is 9.59 Å². The van der Waals surface area contributed by atoms with Crippen LogP contribution in [-0.2, 0) is 11.3 Å². The Hall–Kier alpha value is -1.85. The molecule has 120 valence electrons. The molecule has 4 nitrogen and oxygen atoms in total. The Morgan fingerprint density at radius 2 is 1.96 bits per heavy atom. The third-order valence-electron chi connectivity index (χ3n) is 3.11. The number of rotatable bonds is 6. The Morgan fingerprint density at radius 3 is 2.61 bits per heavy atom. The molecule has 0 saturated carbocycles. The smallest absolute Gasteiger partial charge is 0.341 e. The third kappa shape index (κ3) is 4.56. The van der Waals surface area contributed by atoms with Crippen molar-refractivity contribution in [2.24, 2.45) is 0 Å². The van der Waals surface area contributed by atoms with E-state index in [4.69, 9.17) is 21.1 Å². The fraction of sp³-hybridized carbons (Fsp3) is 0.176. The number of hydrogen-bond acceptors (Lipinski definition) is 4. The predicted octanol–water partition coefficient (Wildman–Crippen LogP) is 4.28. The molecule has 0 fully saturated rings. The van der Waals surface area contributed by atoms with E-state index >= 15 is 0 Å². The van der Waals surface area contributed by atoms with Gasteiger partial charge in [0.2, 0.25) is 0 Å². The first kappa shape index (κ1) is 17.5. The molecule has 6 heteroatoms. The summed E-state index contributed by atoms with van der Waals surface area (Å²) in [6.07, 6.45) is 0. The maximum Gasteiger partial charge on any atom is 0.341 e. The first-order valence-corrected chi connectivity index (χ1v) is 8.24. The second-order valence-electron chi connectivity index (χ2n) is 4.68. The molecule has 0 bridgehead atoms. The Labute approximate surface area is 147 Å². The van der Waals surface area contributed by atoms with Crippen molar-refractivity contribution in [1.82, 2.24) is 0 Å². The van der Waals surface area contributed by atoms with Gasteiger partial charge in [-0.05, 0) is 35.9 Å². The first-order valence-electron chi connectivity index (χ1n) is 6.74. The Bertz CT molecular complexity index is 730. The van der Waals surface area contributed by atoms with Crippen LogP contribution in [0.4, 0.5) is 0 Å². The van der Waals surface area contributed by atoms with E-state index < -0.39 is 5.97 Å². The van der Waals surface area contributed by atoms with Crippen LogP contribution in [0.3, 0.4) is 0 Å². The Morgan fingerprint density at radius 1 is 1.17 bits per heavy atom. The van der Waals surface area contributed by atoms with E-state index in [1.807, 2.05) is 12.1 Å². The number of carbonyl (C=O) groups is 2. The second kappa shape index (κ2) is 8.13. The van der Waals surface area contributed by atoms with Gasteiger partial charge in [-0.25, -0.2) is 4.79 Å². The first-order chi connectivity index (χ1) is 11.0. The number of hydrogen-bond donors (Lipinski definition) is 0. The van der Waals surface area contributed by atoms with Gasteiger partial charge >= 0.3 is 5.97 Å². The van der Waals surface area contributed by atoms with E-state index in [1.165, 1.54) is 13.2 Å². The zero-order valence-electron chi connectivity index (χ0n) is 12.3. The molecule has 0 aliphatic rings. The largest absolute Gasteiger partial charge is 0.488 e. The summed E-state index contributed by atoms with van der Waals surface area (Å²) in [4.78, 5) is 23.7. The Balaban J connectivity index is 2.26. The monoisotopic (exact) mass is 396 g/mol. The summed E-state index contributed by atoms with van der Waals surface area (Å²) in [6.45, 7) is 0.246. The van der Waals surface area contributed by atoms with Crippen molar-refractivity contribution in [3.05, 3.63) is 64.2 Å². The summed E-state index contributed by atoms with van der Waals surface area (Å²) >= 11 is 9.04. The number of benzene rings is 2. The van der Waals surface area contributed by atoms with Gasteiger partial charge in [-0.2, -0.15) is 0 Å². The zero-order valence-corrected chi connectivity index (χ0v) is 14.7. The number of alkyl halides is 1. The van der Waals surface area contributed by atoms with Crippen LogP contribution in [0.1, 0.15) is 26.3 Å². The molecule has 2 rings (SSSR count). The standard InChI is InChI=1S/C17H14BrClO4/c1-22-17(21)14-8-12(15(20)9-18)5-6-16(14)23-10-11-3-2-4-13(19)7-11/h2-8H,9-10H2,1H3. The van der Waals surface area contributed by atoms with E-state index in [0.29, 0.717) is 16.3 Å². The van der Waals surface area contributed by atoms with Crippen LogP contribution in [0.25, 0.3) is 0 Å². The van der Waals surface area contributed by atoms with Gasteiger partial charge in [0.15, 0.2) is 5.78 Å². The van der Waals surface area contributed by atoms with Crippen LogP contribution in [-0.4, -0.2) is 24.2 Å². The number of halogens is 2. The molecule has 23 heavy (non-hydrogen) atoms. The van der Waals surface area contributed by atoms with Crippen LogP contribution in [0.5, 0.6) is 5.75 Å². The molecule has 0 amide bonds. The van der Waals surface area contributed by atoms with Crippen LogP contribution < -0.4 is 4.74 Å². The average Bonchev–Trinajstić information content (AvgIpc) is 2.58. The van der Waals surface area contributed by atoms with Gasteiger partial charge in [0.05, 0.1) is 12.4 Å². The molecule has 0 heterocycles. The molecule has 0 aromatic heterocycles. The average molecular weight is 398 g/mol. The minimum atomic E-state index is -0.560. The summed E-state index contributed by atoms with van der Waals surface area (Å²) in [5, 5.41) is 0.786. The van der Waals surface area contributed by atoms with Gasteiger partial charge in [-0.3, -0.25) is 4.79 Å². The van der Waals surface area contributed by atoms with Crippen molar-refractivity contribution in [3.8, 4) is 5.75 Å². The molecule has 0 radical (unpaired) electrons. The molecule has 0 N–H and O–H groups in total. The van der Waals surface area contributed by atoms with Crippen LogP contribution in [0, 0.1) is 0 Å². The van der Waals surface area contributed by atoms with Gasteiger partial charge < -0.3 is 9.47 Å². The highest BCUT2D eigenvalue weighted by Crippen LogP contribution is 2.23. The quantitative estimate of drug-likeness (QED) is 0.415. The lowest BCUT2D eigenvalue weighted by molar-refractivity contribution is 0.0595. The molecule has 2 aromatic rings. The van der Waals surface area contributed by atoms with E-state index in [2.05, 4.69) is 15.9 Å². The molecule has 0 atom stereocenters. The van der Waals surface area contributed by atoms with Crippen molar-refractivity contribution in [2.45, 2.75) is 6.61 Å². The summed E-state index contributed by atoms with van der Waals surface area (Å²) in [5.74, 6) is -0.338. The maximum absolute atomic E-state index is 11.9. The van der Waals surface area contributed by atoms with Gasteiger partial charge in [-0.1, -0.05) is 39.7 Å². The minimum Gasteiger partial charge on any atom is -0.488 e. The van der Waals surface area contributed by atoms with Gasteiger partial charge in [0.25, 0.3) is 0 Å². The lowest BCUT2D eigenvalue weighted by Crippen LogP contribution is -2.09. The molecule has 0 aliphatic carbocycles.